The molecule has 5 nitrogen and oxygen atoms in total. The van der Waals surface area contributed by atoms with Gasteiger partial charge in [0.15, 0.2) is 11.5 Å². The van der Waals surface area contributed by atoms with Gasteiger partial charge >= 0.3 is 11.9 Å². The number of aromatic carboxylic acids is 1. The fraction of sp³-hybridized carbons (Fsp3) is 0.529. The molecule has 1 N–H and O–H groups in total. The number of fused-ring (bicyclic) bond motifs is 1. The van der Waals surface area contributed by atoms with E-state index in [9.17, 15) is 9.59 Å². The first-order valence-corrected chi connectivity index (χ1v) is 7.75. The Hall–Kier alpha value is -2.04. The van der Waals surface area contributed by atoms with Gasteiger partial charge in [0.25, 0.3) is 0 Å². The number of benzene rings is 1. The van der Waals surface area contributed by atoms with Crippen LogP contribution in [0.25, 0.3) is 0 Å². The van der Waals surface area contributed by atoms with Gasteiger partial charge in [0, 0.05) is 12.1 Å². The van der Waals surface area contributed by atoms with Crippen molar-refractivity contribution >= 4 is 11.9 Å². The molecule has 0 aromatic heterocycles. The molecule has 0 radical (unpaired) electrons. The third-order valence-corrected chi connectivity index (χ3v) is 3.62. The van der Waals surface area contributed by atoms with Crippen molar-refractivity contribution in [1.29, 1.82) is 0 Å². The second-order valence-corrected chi connectivity index (χ2v) is 5.98. The molecular weight excluding hydrogens is 284 g/mol. The van der Waals surface area contributed by atoms with E-state index in [4.69, 9.17) is 14.6 Å². The Balaban J connectivity index is 1.74. The molecule has 0 fully saturated rings. The van der Waals surface area contributed by atoms with Gasteiger partial charge in [-0.15, -0.1) is 0 Å². The summed E-state index contributed by atoms with van der Waals surface area (Å²) in [6.45, 7) is 4.73. The Labute approximate surface area is 130 Å². The number of ether oxygens (including phenoxy) is 2. The highest BCUT2D eigenvalue weighted by Gasteiger charge is 2.28. The van der Waals surface area contributed by atoms with Crippen molar-refractivity contribution in [3.8, 4) is 11.5 Å². The van der Waals surface area contributed by atoms with Gasteiger partial charge in [-0.05, 0) is 12.3 Å². The fourth-order valence-corrected chi connectivity index (χ4v) is 2.31. The summed E-state index contributed by atoms with van der Waals surface area (Å²) in [5.41, 5.74) is -0.0123. The topological polar surface area (TPSA) is 76.1 Å². The number of esters is 1. The Morgan fingerprint density at radius 1 is 1.09 bits per heavy atom. The second kappa shape index (κ2) is 7.29. The lowest BCUT2D eigenvalue weighted by molar-refractivity contribution is 0.0487. The van der Waals surface area contributed by atoms with E-state index < -0.39 is 11.9 Å². The number of hydrogen-bond donors (Lipinski definition) is 1. The van der Waals surface area contributed by atoms with E-state index >= 15 is 0 Å². The maximum Gasteiger partial charge on any atom is 0.339 e. The lowest BCUT2D eigenvalue weighted by Gasteiger charge is -2.07. The third kappa shape index (κ3) is 4.48. The molecule has 2 rings (SSSR count). The first-order valence-electron chi connectivity index (χ1n) is 7.75. The largest absolute Gasteiger partial charge is 0.478 e. The number of carboxylic acids is 1. The van der Waals surface area contributed by atoms with E-state index in [1.807, 2.05) is 0 Å². The van der Waals surface area contributed by atoms with Crippen LogP contribution in [0, 0.1) is 5.92 Å². The summed E-state index contributed by atoms with van der Waals surface area (Å²) in [5, 5.41) is 9.11. The first-order chi connectivity index (χ1) is 10.5. The van der Waals surface area contributed by atoms with E-state index in [0.717, 1.165) is 25.2 Å². The summed E-state index contributed by atoms with van der Waals surface area (Å²) in [7, 11) is 0. The zero-order chi connectivity index (χ0) is 16.1. The normalized spacial score (nSPS) is 11.8. The second-order valence-electron chi connectivity index (χ2n) is 5.98. The molecule has 120 valence electrons. The van der Waals surface area contributed by atoms with Gasteiger partial charge in [0.2, 0.25) is 0 Å². The predicted molar refractivity (Wildman–Crippen MR) is 81.7 cm³/mol. The highest BCUT2D eigenvalue weighted by molar-refractivity contribution is 6.04. The minimum absolute atomic E-state index is 0.0588. The first kappa shape index (κ1) is 16.3. The average Bonchev–Trinajstić information content (AvgIpc) is 3.22. The highest BCUT2D eigenvalue weighted by atomic mass is 16.6. The molecule has 0 amide bonds. The molecule has 0 unspecified atom stereocenters. The summed E-state index contributed by atoms with van der Waals surface area (Å²) in [6, 6.07) is 2.80. The Morgan fingerprint density at radius 3 is 2.36 bits per heavy atom. The van der Waals surface area contributed by atoms with E-state index in [2.05, 4.69) is 13.8 Å². The van der Waals surface area contributed by atoms with Crippen LogP contribution in [0.5, 0.6) is 11.5 Å². The smallest absolute Gasteiger partial charge is 0.339 e. The van der Waals surface area contributed by atoms with Gasteiger partial charge < -0.3 is 14.6 Å². The van der Waals surface area contributed by atoms with E-state index in [1.165, 1.54) is 25.0 Å². The molecule has 1 heterocycles. The van der Waals surface area contributed by atoms with Crippen molar-refractivity contribution in [2.45, 2.75) is 46.0 Å². The predicted octanol–water partition coefficient (Wildman–Crippen LogP) is 4.25. The summed E-state index contributed by atoms with van der Waals surface area (Å²) in [5.74, 6) is 0.0303. The summed E-state index contributed by atoms with van der Waals surface area (Å²) >= 11 is 0. The summed E-state index contributed by atoms with van der Waals surface area (Å²) in [4.78, 5) is 23.1. The Bertz CT molecular complexity index is 562. The number of rotatable bonds is 9. The standard InChI is InChI=1S/C17H22O5/c1-11(2)7-5-3-4-6-8-21-17(20)13-10-15-14(22-15)9-12(13)16(18)19/h9-11H,3-8H2,1-2H3,(H,18,19). The number of carbonyl (C=O) groups is 2. The molecule has 1 aromatic carbocycles. The van der Waals surface area contributed by atoms with Crippen molar-refractivity contribution < 1.29 is 24.2 Å². The molecular formula is C17H22O5. The van der Waals surface area contributed by atoms with Crippen LogP contribution in [-0.2, 0) is 4.74 Å². The van der Waals surface area contributed by atoms with Crippen LogP contribution < -0.4 is 4.74 Å². The minimum Gasteiger partial charge on any atom is -0.478 e. The van der Waals surface area contributed by atoms with Crippen molar-refractivity contribution in [3.63, 3.8) is 0 Å². The molecule has 0 saturated heterocycles. The Kier molecular flexibility index (Phi) is 5.41. The Morgan fingerprint density at radius 2 is 1.73 bits per heavy atom. The fourth-order valence-electron chi connectivity index (χ4n) is 2.31. The number of unbranched alkanes of at least 4 members (excludes halogenated alkanes) is 3. The summed E-state index contributed by atoms with van der Waals surface area (Å²) in [6.07, 6.45) is 5.35. The van der Waals surface area contributed by atoms with Crippen molar-refractivity contribution in [3.05, 3.63) is 23.3 Å². The lowest BCUT2D eigenvalue weighted by Crippen LogP contribution is -2.11. The SMILES string of the molecule is CC(C)CCCCCCOC(=O)c1cc2c(cc1C(=O)O)O2. The third-order valence-electron chi connectivity index (χ3n) is 3.62. The van der Waals surface area contributed by atoms with Gasteiger partial charge in [0.05, 0.1) is 17.7 Å². The van der Waals surface area contributed by atoms with Crippen molar-refractivity contribution in [1.82, 2.24) is 0 Å². The van der Waals surface area contributed by atoms with Crippen LogP contribution in [-0.4, -0.2) is 23.7 Å². The van der Waals surface area contributed by atoms with Gasteiger partial charge in [0.1, 0.15) is 0 Å². The lowest BCUT2D eigenvalue weighted by atomic mass is 10.0. The molecule has 0 bridgehead atoms. The van der Waals surface area contributed by atoms with Gasteiger partial charge in [-0.2, -0.15) is 0 Å². The van der Waals surface area contributed by atoms with Gasteiger partial charge in [-0.25, -0.2) is 9.59 Å². The van der Waals surface area contributed by atoms with Crippen LogP contribution in [0.15, 0.2) is 12.1 Å². The van der Waals surface area contributed by atoms with E-state index in [0.29, 0.717) is 18.1 Å². The number of hydrogen-bond acceptors (Lipinski definition) is 4. The van der Waals surface area contributed by atoms with E-state index in [-0.39, 0.29) is 11.1 Å². The van der Waals surface area contributed by atoms with Crippen LogP contribution in [0.2, 0.25) is 0 Å². The zero-order valence-electron chi connectivity index (χ0n) is 13.1. The van der Waals surface area contributed by atoms with Gasteiger partial charge in [-0.1, -0.05) is 39.5 Å². The number of carboxylic acid groups (broad SMARTS) is 1. The van der Waals surface area contributed by atoms with Crippen LogP contribution in [0.4, 0.5) is 0 Å². The molecule has 1 aromatic rings. The van der Waals surface area contributed by atoms with Crippen molar-refractivity contribution in [2.24, 2.45) is 5.92 Å². The average molecular weight is 306 g/mol. The van der Waals surface area contributed by atoms with E-state index in [1.54, 1.807) is 0 Å². The molecule has 1 aliphatic rings. The molecule has 0 atom stereocenters. The quantitative estimate of drug-likeness (QED) is 0.425. The van der Waals surface area contributed by atoms with Gasteiger partial charge in [-0.3, -0.25) is 0 Å². The molecule has 22 heavy (non-hydrogen) atoms. The molecule has 0 spiro atoms. The molecule has 1 aliphatic heterocycles. The van der Waals surface area contributed by atoms with Crippen LogP contribution >= 0.6 is 0 Å². The van der Waals surface area contributed by atoms with Crippen LogP contribution in [0.3, 0.4) is 0 Å². The molecule has 0 aliphatic carbocycles. The zero-order valence-corrected chi connectivity index (χ0v) is 13.1. The monoisotopic (exact) mass is 306 g/mol. The summed E-state index contributed by atoms with van der Waals surface area (Å²) < 4.78 is 10.2. The molecule has 0 saturated carbocycles. The number of carbonyl (C=O) groups excluding carboxylic acids is 1. The maximum absolute atomic E-state index is 12.0. The van der Waals surface area contributed by atoms with Crippen molar-refractivity contribution in [2.75, 3.05) is 6.61 Å². The minimum atomic E-state index is -1.15. The maximum atomic E-state index is 12.0. The highest BCUT2D eigenvalue weighted by Crippen LogP contribution is 2.46. The van der Waals surface area contributed by atoms with Crippen LogP contribution in [0.1, 0.15) is 66.7 Å². The molecule has 5 heteroatoms.